The zero-order chi connectivity index (χ0) is 14.9. The Morgan fingerprint density at radius 1 is 1.14 bits per heavy atom. The van der Waals surface area contributed by atoms with Crippen molar-refractivity contribution < 1.29 is 4.39 Å². The van der Waals surface area contributed by atoms with Crippen molar-refractivity contribution in [1.29, 1.82) is 0 Å². The largest absolute Gasteiger partial charge is 0.327 e. The standard InChI is InChI=1S/C18H19BrFN/c19-15-9-13(10-16(20)12-15)11-17(21)18(7-4-8-18)14-5-2-1-3-6-14/h1-3,5-6,9-10,12,17H,4,7-8,11,21H2. The summed E-state index contributed by atoms with van der Waals surface area (Å²) in [4.78, 5) is 0. The van der Waals surface area contributed by atoms with Gasteiger partial charge in [0.2, 0.25) is 0 Å². The summed E-state index contributed by atoms with van der Waals surface area (Å²) in [5.74, 6) is -0.214. The van der Waals surface area contributed by atoms with E-state index in [2.05, 4.69) is 40.2 Å². The summed E-state index contributed by atoms with van der Waals surface area (Å²) in [6.07, 6.45) is 4.16. The first kappa shape index (κ1) is 14.7. The van der Waals surface area contributed by atoms with Crippen molar-refractivity contribution in [2.45, 2.75) is 37.1 Å². The van der Waals surface area contributed by atoms with Crippen LogP contribution in [0.15, 0.2) is 53.0 Å². The molecule has 1 nitrogen and oxygen atoms in total. The second-order valence-corrected chi connectivity index (χ2v) is 6.88. The Kier molecular flexibility index (Phi) is 4.14. The van der Waals surface area contributed by atoms with Gasteiger partial charge in [0, 0.05) is 15.9 Å². The molecular weight excluding hydrogens is 329 g/mol. The van der Waals surface area contributed by atoms with E-state index in [0.29, 0.717) is 6.42 Å². The van der Waals surface area contributed by atoms with E-state index in [-0.39, 0.29) is 17.3 Å². The summed E-state index contributed by atoms with van der Waals surface area (Å²) in [6, 6.07) is 15.5. The average Bonchev–Trinajstić information content (AvgIpc) is 2.37. The highest BCUT2D eigenvalue weighted by atomic mass is 79.9. The third-order valence-electron chi connectivity index (χ3n) is 4.68. The third kappa shape index (κ3) is 2.90. The monoisotopic (exact) mass is 347 g/mol. The van der Waals surface area contributed by atoms with E-state index >= 15 is 0 Å². The molecule has 0 aliphatic heterocycles. The average molecular weight is 348 g/mol. The van der Waals surface area contributed by atoms with Gasteiger partial charge >= 0.3 is 0 Å². The van der Waals surface area contributed by atoms with Crippen molar-refractivity contribution in [2.75, 3.05) is 0 Å². The predicted octanol–water partition coefficient (Wildman–Crippen LogP) is 4.58. The minimum Gasteiger partial charge on any atom is -0.327 e. The van der Waals surface area contributed by atoms with Gasteiger partial charge < -0.3 is 5.73 Å². The summed E-state index contributed by atoms with van der Waals surface area (Å²) >= 11 is 3.35. The van der Waals surface area contributed by atoms with Crippen LogP contribution >= 0.6 is 15.9 Å². The highest BCUT2D eigenvalue weighted by Crippen LogP contribution is 2.46. The molecule has 3 rings (SSSR count). The lowest BCUT2D eigenvalue weighted by atomic mass is 9.59. The normalized spacial score (nSPS) is 18.0. The van der Waals surface area contributed by atoms with Crippen LogP contribution in [0, 0.1) is 5.82 Å². The molecule has 2 aromatic carbocycles. The zero-order valence-corrected chi connectivity index (χ0v) is 13.4. The fourth-order valence-electron chi connectivity index (χ4n) is 3.38. The van der Waals surface area contributed by atoms with Crippen molar-refractivity contribution in [3.05, 3.63) is 69.9 Å². The molecule has 1 atom stereocenters. The number of benzene rings is 2. The molecule has 0 bridgehead atoms. The van der Waals surface area contributed by atoms with Crippen LogP contribution in [0.2, 0.25) is 0 Å². The molecule has 2 aromatic rings. The quantitative estimate of drug-likeness (QED) is 0.860. The van der Waals surface area contributed by atoms with E-state index in [1.54, 1.807) is 6.07 Å². The topological polar surface area (TPSA) is 26.0 Å². The Hall–Kier alpha value is -1.19. The second kappa shape index (κ2) is 5.90. The summed E-state index contributed by atoms with van der Waals surface area (Å²) in [7, 11) is 0. The van der Waals surface area contributed by atoms with Crippen LogP contribution in [-0.2, 0) is 11.8 Å². The van der Waals surface area contributed by atoms with Gasteiger partial charge in [-0.1, -0.05) is 52.7 Å². The minimum absolute atomic E-state index is 0.0161. The van der Waals surface area contributed by atoms with E-state index in [1.807, 2.05) is 12.1 Å². The maximum Gasteiger partial charge on any atom is 0.124 e. The first-order valence-electron chi connectivity index (χ1n) is 7.36. The number of nitrogens with two attached hydrogens (primary N) is 1. The van der Waals surface area contributed by atoms with E-state index in [4.69, 9.17) is 5.73 Å². The van der Waals surface area contributed by atoms with Crippen LogP contribution in [-0.4, -0.2) is 6.04 Å². The van der Waals surface area contributed by atoms with Crippen molar-refractivity contribution in [1.82, 2.24) is 0 Å². The molecule has 21 heavy (non-hydrogen) atoms. The summed E-state index contributed by atoms with van der Waals surface area (Å²) in [5, 5.41) is 0. The smallest absolute Gasteiger partial charge is 0.124 e. The van der Waals surface area contributed by atoms with Crippen molar-refractivity contribution in [3.8, 4) is 0 Å². The molecule has 2 N–H and O–H groups in total. The van der Waals surface area contributed by atoms with E-state index in [0.717, 1.165) is 22.9 Å². The summed E-state index contributed by atoms with van der Waals surface area (Å²) in [6.45, 7) is 0. The Labute approximate surface area is 133 Å². The lowest BCUT2D eigenvalue weighted by molar-refractivity contribution is 0.194. The fraction of sp³-hybridized carbons (Fsp3) is 0.333. The van der Waals surface area contributed by atoms with Gasteiger partial charge in [-0.2, -0.15) is 0 Å². The molecule has 0 aromatic heterocycles. The molecule has 0 amide bonds. The molecule has 1 fully saturated rings. The number of halogens is 2. The number of hydrogen-bond acceptors (Lipinski definition) is 1. The van der Waals surface area contributed by atoms with Gasteiger partial charge in [-0.05, 0) is 48.6 Å². The SMILES string of the molecule is NC(Cc1cc(F)cc(Br)c1)C1(c2ccccc2)CCC1. The van der Waals surface area contributed by atoms with E-state index in [9.17, 15) is 4.39 Å². The van der Waals surface area contributed by atoms with Gasteiger partial charge in [-0.25, -0.2) is 4.39 Å². The van der Waals surface area contributed by atoms with Gasteiger partial charge in [0.15, 0.2) is 0 Å². The molecule has 0 saturated heterocycles. The highest BCUT2D eigenvalue weighted by molar-refractivity contribution is 9.10. The third-order valence-corrected chi connectivity index (χ3v) is 5.14. The molecule has 3 heteroatoms. The minimum atomic E-state index is -0.214. The predicted molar refractivity (Wildman–Crippen MR) is 87.8 cm³/mol. The van der Waals surface area contributed by atoms with Gasteiger partial charge in [-0.3, -0.25) is 0 Å². The van der Waals surface area contributed by atoms with Crippen LogP contribution in [0.5, 0.6) is 0 Å². The molecule has 110 valence electrons. The number of hydrogen-bond donors (Lipinski definition) is 1. The van der Waals surface area contributed by atoms with Crippen LogP contribution in [0.4, 0.5) is 4.39 Å². The van der Waals surface area contributed by atoms with Crippen LogP contribution < -0.4 is 5.73 Å². The van der Waals surface area contributed by atoms with E-state index in [1.165, 1.54) is 18.1 Å². The van der Waals surface area contributed by atoms with E-state index < -0.39 is 0 Å². The van der Waals surface area contributed by atoms with Crippen LogP contribution in [0.1, 0.15) is 30.4 Å². The van der Waals surface area contributed by atoms with Gasteiger partial charge in [-0.15, -0.1) is 0 Å². The second-order valence-electron chi connectivity index (χ2n) is 5.96. The lowest BCUT2D eigenvalue weighted by Gasteiger charge is -2.47. The summed E-state index contributed by atoms with van der Waals surface area (Å²) < 4.78 is 14.3. The zero-order valence-electron chi connectivity index (χ0n) is 11.9. The molecule has 1 aliphatic rings. The Balaban J connectivity index is 1.85. The van der Waals surface area contributed by atoms with Crippen molar-refractivity contribution >= 4 is 15.9 Å². The van der Waals surface area contributed by atoms with Crippen LogP contribution in [0.3, 0.4) is 0 Å². The molecule has 0 heterocycles. The number of rotatable bonds is 4. The first-order chi connectivity index (χ1) is 10.1. The molecule has 1 unspecified atom stereocenters. The molecule has 0 radical (unpaired) electrons. The molecule has 1 aliphatic carbocycles. The Morgan fingerprint density at radius 3 is 2.43 bits per heavy atom. The van der Waals surface area contributed by atoms with Gasteiger partial charge in [0.05, 0.1) is 0 Å². The summed E-state index contributed by atoms with van der Waals surface area (Å²) in [5.41, 5.74) is 8.87. The van der Waals surface area contributed by atoms with Crippen molar-refractivity contribution in [2.24, 2.45) is 5.73 Å². The molecular formula is C18H19BrFN. The van der Waals surface area contributed by atoms with Gasteiger partial charge in [0.1, 0.15) is 5.82 Å². The molecule has 1 saturated carbocycles. The van der Waals surface area contributed by atoms with Gasteiger partial charge in [0.25, 0.3) is 0 Å². The maximum atomic E-state index is 13.5. The lowest BCUT2D eigenvalue weighted by Crippen LogP contribution is -2.51. The maximum absolute atomic E-state index is 13.5. The first-order valence-corrected chi connectivity index (χ1v) is 8.15. The Bertz CT molecular complexity index is 602. The fourth-order valence-corrected chi connectivity index (χ4v) is 3.89. The highest BCUT2D eigenvalue weighted by Gasteiger charge is 2.43. The van der Waals surface area contributed by atoms with Crippen LogP contribution in [0.25, 0.3) is 0 Å². The van der Waals surface area contributed by atoms with Crippen molar-refractivity contribution in [3.63, 3.8) is 0 Å². The molecule has 0 spiro atoms. The Morgan fingerprint density at radius 2 is 1.86 bits per heavy atom.